The van der Waals surface area contributed by atoms with Crippen LogP contribution in [0.1, 0.15) is 16.2 Å². The second kappa shape index (κ2) is 4.28. The van der Waals surface area contributed by atoms with Crippen LogP contribution in [0.3, 0.4) is 0 Å². The van der Waals surface area contributed by atoms with Gasteiger partial charge in [-0.05, 0) is 12.1 Å². The molecule has 0 unspecified atom stereocenters. The molecule has 0 aliphatic rings. The molecule has 0 aliphatic heterocycles. The predicted octanol–water partition coefficient (Wildman–Crippen LogP) is 1.68. The first kappa shape index (κ1) is 10.6. The Morgan fingerprint density at radius 3 is 2.94 bits per heavy atom. The molecule has 0 atom stereocenters. The average Bonchev–Trinajstić information content (AvgIpc) is 2.64. The van der Waals surface area contributed by atoms with E-state index in [0.29, 0.717) is 5.89 Å². The lowest BCUT2D eigenvalue weighted by Gasteiger charge is -2.01. The zero-order valence-electron chi connectivity index (χ0n) is 8.27. The molecule has 0 aliphatic carbocycles. The van der Waals surface area contributed by atoms with Gasteiger partial charge in [-0.3, -0.25) is 10.1 Å². The molecule has 0 aromatic carbocycles. The lowest BCUT2D eigenvalue weighted by atomic mass is 10.3. The number of aromatic nitrogens is 3. The third-order valence-corrected chi connectivity index (χ3v) is 2.05. The molecule has 0 saturated carbocycles. The van der Waals surface area contributed by atoms with Gasteiger partial charge in [-0.1, -0.05) is 16.7 Å². The van der Waals surface area contributed by atoms with Gasteiger partial charge in [0.25, 0.3) is 5.91 Å². The van der Waals surface area contributed by atoms with E-state index in [1.54, 1.807) is 19.1 Å². The third kappa shape index (κ3) is 2.17. The van der Waals surface area contributed by atoms with E-state index in [-0.39, 0.29) is 16.7 Å². The second-order valence-electron chi connectivity index (χ2n) is 2.92. The maximum atomic E-state index is 11.7. The molecule has 0 fully saturated rings. The molecular formula is C9H7ClN4O2. The molecule has 1 N–H and O–H groups in total. The van der Waals surface area contributed by atoms with Crippen molar-refractivity contribution >= 4 is 23.5 Å². The summed E-state index contributed by atoms with van der Waals surface area (Å²) in [5.41, 5.74) is 0.250. The number of halogens is 1. The Bertz CT molecular complexity index is 526. The first-order valence-electron chi connectivity index (χ1n) is 4.39. The van der Waals surface area contributed by atoms with Gasteiger partial charge in [0.15, 0.2) is 0 Å². The van der Waals surface area contributed by atoms with Crippen molar-refractivity contribution in [3.05, 3.63) is 34.9 Å². The number of hydrogen-bond donors (Lipinski definition) is 1. The number of amides is 1. The summed E-state index contributed by atoms with van der Waals surface area (Å²) >= 11 is 5.75. The molecule has 16 heavy (non-hydrogen) atoms. The third-order valence-electron chi connectivity index (χ3n) is 1.75. The van der Waals surface area contributed by atoms with Gasteiger partial charge in [-0.2, -0.15) is 0 Å². The standard InChI is InChI=1S/C9H7ClN4O2/c1-5-13-14-9(16-5)12-8(15)6-3-2-4-11-7(6)10/h2-4H,1H3,(H,12,14,15). The Morgan fingerprint density at radius 2 is 2.31 bits per heavy atom. The van der Waals surface area contributed by atoms with Crippen molar-refractivity contribution in [2.24, 2.45) is 0 Å². The number of carbonyl (C=O) groups is 1. The fourth-order valence-electron chi connectivity index (χ4n) is 1.07. The Labute approximate surface area is 95.7 Å². The molecule has 1 amide bonds. The van der Waals surface area contributed by atoms with E-state index in [1.807, 2.05) is 0 Å². The summed E-state index contributed by atoms with van der Waals surface area (Å²) in [5.74, 6) is -0.0747. The first-order valence-corrected chi connectivity index (χ1v) is 4.76. The Hall–Kier alpha value is -1.95. The summed E-state index contributed by atoms with van der Waals surface area (Å²) in [4.78, 5) is 15.5. The van der Waals surface area contributed by atoms with Crippen molar-refractivity contribution in [3.8, 4) is 0 Å². The molecule has 0 radical (unpaired) electrons. The van der Waals surface area contributed by atoms with Crippen LogP contribution in [0.4, 0.5) is 6.01 Å². The quantitative estimate of drug-likeness (QED) is 0.805. The predicted molar refractivity (Wildman–Crippen MR) is 56.2 cm³/mol. The lowest BCUT2D eigenvalue weighted by molar-refractivity contribution is 0.102. The van der Waals surface area contributed by atoms with Crippen LogP contribution in [-0.2, 0) is 0 Å². The van der Waals surface area contributed by atoms with E-state index >= 15 is 0 Å². The SMILES string of the molecule is Cc1nnc(NC(=O)c2cccnc2Cl)o1. The fraction of sp³-hybridized carbons (Fsp3) is 0.111. The highest BCUT2D eigenvalue weighted by Crippen LogP contribution is 2.13. The van der Waals surface area contributed by atoms with Gasteiger partial charge in [-0.15, -0.1) is 5.10 Å². The van der Waals surface area contributed by atoms with Gasteiger partial charge in [-0.25, -0.2) is 4.98 Å². The number of hydrogen-bond acceptors (Lipinski definition) is 5. The molecule has 2 rings (SSSR count). The minimum atomic E-state index is -0.443. The van der Waals surface area contributed by atoms with Crippen molar-refractivity contribution in [1.82, 2.24) is 15.2 Å². The van der Waals surface area contributed by atoms with Gasteiger partial charge < -0.3 is 4.42 Å². The Balaban J connectivity index is 2.18. The van der Waals surface area contributed by atoms with Crippen LogP contribution in [-0.4, -0.2) is 21.1 Å². The van der Waals surface area contributed by atoms with Gasteiger partial charge in [0, 0.05) is 13.1 Å². The van der Waals surface area contributed by atoms with E-state index in [9.17, 15) is 4.79 Å². The van der Waals surface area contributed by atoms with Crippen molar-refractivity contribution in [3.63, 3.8) is 0 Å². The summed E-state index contributed by atoms with van der Waals surface area (Å²) in [6.07, 6.45) is 1.50. The fourth-order valence-corrected chi connectivity index (χ4v) is 1.27. The second-order valence-corrected chi connectivity index (χ2v) is 3.28. The van der Waals surface area contributed by atoms with Crippen LogP contribution in [0, 0.1) is 6.92 Å². The number of rotatable bonds is 2. The summed E-state index contributed by atoms with van der Waals surface area (Å²) < 4.78 is 5.00. The molecule has 2 aromatic heterocycles. The number of pyridine rings is 1. The maximum absolute atomic E-state index is 11.7. The summed E-state index contributed by atoms with van der Waals surface area (Å²) in [6.45, 7) is 1.62. The van der Waals surface area contributed by atoms with Gasteiger partial charge in [0.05, 0.1) is 5.56 Å². The van der Waals surface area contributed by atoms with Crippen LogP contribution in [0.25, 0.3) is 0 Å². The highest BCUT2D eigenvalue weighted by atomic mass is 35.5. The molecule has 0 saturated heterocycles. The molecule has 6 nitrogen and oxygen atoms in total. The van der Waals surface area contributed by atoms with Crippen LogP contribution in [0.5, 0.6) is 0 Å². The smallest absolute Gasteiger partial charge is 0.322 e. The van der Waals surface area contributed by atoms with E-state index < -0.39 is 5.91 Å². The van der Waals surface area contributed by atoms with Gasteiger partial charge in [0.1, 0.15) is 5.15 Å². The van der Waals surface area contributed by atoms with E-state index in [1.165, 1.54) is 6.20 Å². The number of aryl methyl sites for hydroxylation is 1. The molecule has 82 valence electrons. The van der Waals surface area contributed by atoms with Crippen LogP contribution in [0.15, 0.2) is 22.7 Å². The van der Waals surface area contributed by atoms with E-state index in [4.69, 9.17) is 16.0 Å². The molecule has 2 aromatic rings. The highest BCUT2D eigenvalue weighted by molar-refractivity contribution is 6.33. The topological polar surface area (TPSA) is 80.9 Å². The minimum absolute atomic E-state index is 0.0300. The maximum Gasteiger partial charge on any atom is 0.322 e. The van der Waals surface area contributed by atoms with Crippen molar-refractivity contribution in [2.75, 3.05) is 5.32 Å². The zero-order chi connectivity index (χ0) is 11.5. The summed E-state index contributed by atoms with van der Waals surface area (Å²) in [7, 11) is 0. The Morgan fingerprint density at radius 1 is 1.50 bits per heavy atom. The zero-order valence-corrected chi connectivity index (χ0v) is 9.02. The van der Waals surface area contributed by atoms with E-state index in [0.717, 1.165) is 0 Å². The average molecular weight is 239 g/mol. The molecule has 2 heterocycles. The molecule has 0 bridgehead atoms. The van der Waals surface area contributed by atoms with Crippen LogP contribution >= 0.6 is 11.6 Å². The highest BCUT2D eigenvalue weighted by Gasteiger charge is 2.13. The summed E-state index contributed by atoms with van der Waals surface area (Å²) in [6, 6.07) is 3.19. The summed E-state index contributed by atoms with van der Waals surface area (Å²) in [5, 5.41) is 9.74. The number of anilines is 1. The molecule has 0 spiro atoms. The molecular weight excluding hydrogens is 232 g/mol. The van der Waals surface area contributed by atoms with Crippen LogP contribution < -0.4 is 5.32 Å². The van der Waals surface area contributed by atoms with Gasteiger partial charge >= 0.3 is 6.01 Å². The number of nitrogens with zero attached hydrogens (tertiary/aromatic N) is 3. The first-order chi connectivity index (χ1) is 7.66. The number of carbonyl (C=O) groups excluding carboxylic acids is 1. The molecule has 7 heteroatoms. The van der Waals surface area contributed by atoms with Crippen molar-refractivity contribution in [2.45, 2.75) is 6.92 Å². The van der Waals surface area contributed by atoms with Gasteiger partial charge in [0.2, 0.25) is 5.89 Å². The Kier molecular flexibility index (Phi) is 2.82. The minimum Gasteiger partial charge on any atom is -0.408 e. The largest absolute Gasteiger partial charge is 0.408 e. The van der Waals surface area contributed by atoms with Crippen LogP contribution in [0.2, 0.25) is 5.15 Å². The van der Waals surface area contributed by atoms with Crippen molar-refractivity contribution < 1.29 is 9.21 Å². The normalized spacial score (nSPS) is 10.1. The van der Waals surface area contributed by atoms with E-state index in [2.05, 4.69) is 20.5 Å². The van der Waals surface area contributed by atoms with Crippen molar-refractivity contribution in [1.29, 1.82) is 0 Å². The lowest BCUT2D eigenvalue weighted by Crippen LogP contribution is -2.13. The number of nitrogens with one attached hydrogen (secondary N) is 1. The monoisotopic (exact) mass is 238 g/mol.